The van der Waals surface area contributed by atoms with Crippen LogP contribution in [0.2, 0.25) is 0 Å². The molecule has 0 N–H and O–H groups in total. The van der Waals surface area contributed by atoms with Crippen molar-refractivity contribution in [1.29, 1.82) is 0 Å². The van der Waals surface area contributed by atoms with Crippen molar-refractivity contribution in [2.75, 3.05) is 6.54 Å². The summed E-state index contributed by atoms with van der Waals surface area (Å²) >= 11 is 1.46. The fourth-order valence-corrected chi connectivity index (χ4v) is 5.74. The van der Waals surface area contributed by atoms with Crippen molar-refractivity contribution in [1.82, 2.24) is 29.4 Å². The smallest absolute Gasteiger partial charge is 0.246 e. The van der Waals surface area contributed by atoms with Crippen molar-refractivity contribution < 1.29 is 13.6 Å². The monoisotopic (exact) mass is 528 g/mol. The van der Waals surface area contributed by atoms with Gasteiger partial charge in [-0.3, -0.25) is 14.2 Å². The van der Waals surface area contributed by atoms with Crippen LogP contribution in [-0.4, -0.2) is 41.9 Å². The molecule has 0 spiro atoms. The third kappa shape index (κ3) is 4.03. The van der Waals surface area contributed by atoms with E-state index in [4.69, 9.17) is 10.1 Å². The van der Waals surface area contributed by atoms with Gasteiger partial charge in [-0.05, 0) is 35.7 Å². The highest BCUT2D eigenvalue weighted by Gasteiger charge is 2.24. The molecule has 0 saturated carbocycles. The number of aromatic nitrogens is 5. The lowest BCUT2D eigenvalue weighted by atomic mass is 10.0. The molecule has 0 aliphatic carbocycles. The molecule has 4 aromatic heterocycles. The number of aryl methyl sites for hydroxylation is 1. The van der Waals surface area contributed by atoms with Crippen LogP contribution in [0.1, 0.15) is 11.3 Å². The van der Waals surface area contributed by atoms with Gasteiger partial charge >= 0.3 is 0 Å². The van der Waals surface area contributed by atoms with Gasteiger partial charge in [0.1, 0.15) is 17.2 Å². The highest BCUT2D eigenvalue weighted by Crippen LogP contribution is 2.40. The second kappa shape index (κ2) is 9.46. The number of fused-ring (bicyclic) bond motifs is 3. The predicted molar refractivity (Wildman–Crippen MR) is 145 cm³/mol. The van der Waals surface area contributed by atoms with Crippen LogP contribution in [0.25, 0.3) is 49.7 Å². The number of amides is 1. The molecule has 1 aliphatic heterocycles. The quantitative estimate of drug-likeness (QED) is 0.206. The molecule has 0 unspecified atom stereocenters. The highest BCUT2D eigenvalue weighted by atomic mass is 32.1. The SMILES string of the molecule is C=CC(=O)N1CCn2nc(-c3nc(-c4ccc5cnn(C)c5c4)c4ccsc4c3C=C(F)/C=C/F)cc2C1. The summed E-state index contributed by atoms with van der Waals surface area (Å²) in [6, 6.07) is 9.85. The minimum Gasteiger partial charge on any atom is -0.331 e. The maximum Gasteiger partial charge on any atom is 0.246 e. The minimum atomic E-state index is -0.735. The van der Waals surface area contributed by atoms with Crippen LogP contribution in [0.3, 0.4) is 0 Å². The number of benzene rings is 1. The Morgan fingerprint density at radius 3 is 2.87 bits per heavy atom. The van der Waals surface area contributed by atoms with Gasteiger partial charge in [0.05, 0.1) is 42.5 Å². The second-order valence-electron chi connectivity index (χ2n) is 8.96. The van der Waals surface area contributed by atoms with Crippen molar-refractivity contribution in [3.05, 3.63) is 84.1 Å². The maximum absolute atomic E-state index is 14.7. The Labute approximate surface area is 220 Å². The average Bonchev–Trinajstić information content (AvgIpc) is 3.66. The summed E-state index contributed by atoms with van der Waals surface area (Å²) in [6.07, 6.45) is 5.34. The van der Waals surface area contributed by atoms with Gasteiger partial charge < -0.3 is 4.90 Å². The number of halogens is 2. The Morgan fingerprint density at radius 2 is 2.05 bits per heavy atom. The molecule has 7 nitrogen and oxygen atoms in total. The van der Waals surface area contributed by atoms with E-state index in [1.54, 1.807) is 9.58 Å². The fourth-order valence-electron chi connectivity index (χ4n) is 4.83. The topological polar surface area (TPSA) is 68.8 Å². The Kier molecular flexibility index (Phi) is 5.96. The standard InChI is InChI=1S/C28H22F2N6OS/c1-3-25(37)35-9-10-36-20(16-35)14-23(33-36)27-22(13-19(30)6-8-29)28-21(7-11-38-28)26(32-27)17-4-5-18-15-31-34(2)24(18)12-17/h3-8,11-15H,1,9-10,16H2,2H3/b8-6+,19-13?. The third-order valence-corrected chi connectivity index (χ3v) is 7.65. The first-order valence-electron chi connectivity index (χ1n) is 11.9. The number of rotatable bonds is 5. The van der Waals surface area contributed by atoms with E-state index in [1.165, 1.54) is 23.5 Å². The molecule has 0 atom stereocenters. The van der Waals surface area contributed by atoms with Gasteiger partial charge in [0.15, 0.2) is 0 Å². The number of allylic oxidation sites excluding steroid dienone is 2. The maximum atomic E-state index is 14.7. The molecule has 1 amide bonds. The van der Waals surface area contributed by atoms with Gasteiger partial charge in [0.2, 0.25) is 5.91 Å². The van der Waals surface area contributed by atoms with Crippen molar-refractivity contribution in [2.24, 2.45) is 7.05 Å². The number of carbonyl (C=O) groups excluding carboxylic acids is 1. The fraction of sp³-hybridized carbons (Fsp3) is 0.143. The number of nitrogens with zero attached hydrogens (tertiary/aromatic N) is 6. The van der Waals surface area contributed by atoms with E-state index in [9.17, 15) is 13.6 Å². The summed E-state index contributed by atoms with van der Waals surface area (Å²) in [6.45, 7) is 4.99. The van der Waals surface area contributed by atoms with E-state index in [2.05, 4.69) is 11.7 Å². The third-order valence-electron chi connectivity index (χ3n) is 6.70. The molecule has 5 aromatic rings. The van der Waals surface area contributed by atoms with Crippen LogP contribution in [-0.2, 0) is 24.9 Å². The Hall–Kier alpha value is -4.44. The molecule has 6 rings (SSSR count). The van der Waals surface area contributed by atoms with Gasteiger partial charge in [-0.25, -0.2) is 13.8 Å². The molecule has 190 valence electrons. The minimum absolute atomic E-state index is 0.145. The van der Waals surface area contributed by atoms with Crippen LogP contribution in [0.5, 0.6) is 0 Å². The van der Waals surface area contributed by atoms with E-state index in [0.717, 1.165) is 44.0 Å². The zero-order chi connectivity index (χ0) is 26.4. The molecular formula is C28H22F2N6OS. The van der Waals surface area contributed by atoms with Gasteiger partial charge in [-0.1, -0.05) is 18.7 Å². The molecule has 0 radical (unpaired) electrons. The van der Waals surface area contributed by atoms with E-state index in [0.29, 0.717) is 36.6 Å². The first kappa shape index (κ1) is 23.9. The normalized spacial score (nSPS) is 14.1. The molecule has 0 bridgehead atoms. The number of carbonyl (C=O) groups is 1. The van der Waals surface area contributed by atoms with Crippen molar-refractivity contribution in [2.45, 2.75) is 13.1 Å². The van der Waals surface area contributed by atoms with Gasteiger partial charge in [0.25, 0.3) is 0 Å². The number of hydrogen-bond donors (Lipinski definition) is 0. The molecule has 1 aromatic carbocycles. The van der Waals surface area contributed by atoms with Crippen LogP contribution < -0.4 is 0 Å². The van der Waals surface area contributed by atoms with Crippen LogP contribution in [0.4, 0.5) is 8.78 Å². The zero-order valence-electron chi connectivity index (χ0n) is 20.4. The summed E-state index contributed by atoms with van der Waals surface area (Å²) in [5.74, 6) is -0.880. The van der Waals surface area contributed by atoms with Crippen LogP contribution >= 0.6 is 11.3 Å². The van der Waals surface area contributed by atoms with Gasteiger partial charge in [0, 0.05) is 46.3 Å². The summed E-state index contributed by atoms with van der Waals surface area (Å²) in [5.41, 5.74) is 4.96. The summed E-state index contributed by atoms with van der Waals surface area (Å²) in [7, 11) is 1.89. The molecule has 10 heteroatoms. The molecule has 5 heterocycles. The lowest BCUT2D eigenvalue weighted by molar-refractivity contribution is -0.127. The number of hydrogen-bond acceptors (Lipinski definition) is 5. The van der Waals surface area contributed by atoms with E-state index < -0.39 is 5.83 Å². The predicted octanol–water partition coefficient (Wildman–Crippen LogP) is 6.04. The number of thiophene rings is 1. The molecule has 1 aliphatic rings. The van der Waals surface area contributed by atoms with Crippen LogP contribution in [0.15, 0.2) is 72.8 Å². The van der Waals surface area contributed by atoms with Gasteiger partial charge in [-0.15, -0.1) is 11.3 Å². The van der Waals surface area contributed by atoms with Crippen molar-refractivity contribution in [3.8, 4) is 22.6 Å². The summed E-state index contributed by atoms with van der Waals surface area (Å²) in [4.78, 5) is 18.9. The molecule has 0 fully saturated rings. The Balaban J connectivity index is 1.57. The highest BCUT2D eigenvalue weighted by molar-refractivity contribution is 7.17. The Bertz CT molecular complexity index is 1790. The molecular weight excluding hydrogens is 506 g/mol. The van der Waals surface area contributed by atoms with Crippen LogP contribution in [0, 0.1) is 0 Å². The lowest BCUT2D eigenvalue weighted by Crippen LogP contribution is -2.37. The Morgan fingerprint density at radius 1 is 1.18 bits per heavy atom. The van der Waals surface area contributed by atoms with Gasteiger partial charge in [-0.2, -0.15) is 10.2 Å². The second-order valence-corrected chi connectivity index (χ2v) is 9.87. The van der Waals surface area contributed by atoms with Crippen molar-refractivity contribution in [3.63, 3.8) is 0 Å². The molecule has 38 heavy (non-hydrogen) atoms. The lowest BCUT2D eigenvalue weighted by Gasteiger charge is -2.26. The average molecular weight is 529 g/mol. The zero-order valence-corrected chi connectivity index (χ0v) is 21.3. The van der Waals surface area contributed by atoms with E-state index >= 15 is 0 Å². The largest absolute Gasteiger partial charge is 0.331 e. The number of pyridine rings is 1. The van der Waals surface area contributed by atoms with E-state index in [1.807, 2.05) is 53.6 Å². The first-order valence-corrected chi connectivity index (χ1v) is 12.8. The summed E-state index contributed by atoms with van der Waals surface area (Å²) in [5, 5.41) is 12.9. The van der Waals surface area contributed by atoms with E-state index in [-0.39, 0.29) is 12.2 Å². The summed E-state index contributed by atoms with van der Waals surface area (Å²) < 4.78 is 31.9. The first-order chi connectivity index (χ1) is 18.5. The van der Waals surface area contributed by atoms with Crippen molar-refractivity contribution >= 4 is 44.3 Å². The molecule has 0 saturated heterocycles.